The lowest BCUT2D eigenvalue weighted by molar-refractivity contribution is 0.0692. The van der Waals surface area contributed by atoms with E-state index in [9.17, 15) is 4.79 Å². The molecule has 5 N–H and O–H groups in total. The van der Waals surface area contributed by atoms with E-state index in [0.717, 1.165) is 0 Å². The molecule has 8 heteroatoms. The highest BCUT2D eigenvalue weighted by molar-refractivity contribution is 5.91. The highest BCUT2D eigenvalue weighted by atomic mass is 16.4. The number of nitrogens with one attached hydrogen (secondary N) is 2. The molecule has 0 aliphatic carbocycles. The monoisotopic (exact) mass is 194 g/mol. The second-order valence-electron chi connectivity index (χ2n) is 2.47. The summed E-state index contributed by atoms with van der Waals surface area (Å²) in [6.07, 6.45) is 1.26. The summed E-state index contributed by atoms with van der Waals surface area (Å²) in [6.45, 7) is 0. The lowest BCUT2D eigenvalue weighted by Gasteiger charge is -1.91. The number of imidazole rings is 1. The molecule has 0 aromatic carbocycles. The van der Waals surface area contributed by atoms with Crippen LogP contribution >= 0.6 is 0 Å². The molecule has 0 aliphatic heterocycles. The summed E-state index contributed by atoms with van der Waals surface area (Å²) in [4.78, 5) is 20.7. The zero-order valence-corrected chi connectivity index (χ0v) is 6.85. The van der Waals surface area contributed by atoms with E-state index in [-0.39, 0.29) is 23.2 Å². The molecule has 0 unspecified atom stereocenters. The number of nitrogens with zero attached hydrogens (tertiary/aromatic N) is 3. The Labute approximate surface area is 77.2 Å². The number of carboxylic acids is 1. The molecule has 2 heterocycles. The van der Waals surface area contributed by atoms with Crippen LogP contribution in [-0.2, 0) is 0 Å². The first-order chi connectivity index (χ1) is 6.68. The van der Waals surface area contributed by atoms with Gasteiger partial charge < -0.3 is 15.8 Å². The van der Waals surface area contributed by atoms with E-state index in [0.29, 0.717) is 0 Å². The summed E-state index contributed by atoms with van der Waals surface area (Å²) in [7, 11) is 0. The SMILES string of the molecule is Nc1n[nH]c(-c2nc[nH]c2C(=O)O)n1. The predicted octanol–water partition coefficient (Wildman–Crippen LogP) is -0.525. The number of nitrogen functional groups attached to an aromatic ring is 1. The van der Waals surface area contributed by atoms with Gasteiger partial charge in [-0.05, 0) is 0 Å². The topological polar surface area (TPSA) is 134 Å². The lowest BCUT2D eigenvalue weighted by atomic mass is 10.3. The van der Waals surface area contributed by atoms with Gasteiger partial charge >= 0.3 is 5.97 Å². The zero-order valence-electron chi connectivity index (χ0n) is 6.85. The maximum Gasteiger partial charge on any atom is 0.354 e. The van der Waals surface area contributed by atoms with Crippen molar-refractivity contribution in [3.05, 3.63) is 12.0 Å². The van der Waals surface area contributed by atoms with Crippen molar-refractivity contribution >= 4 is 11.9 Å². The molecule has 2 aromatic rings. The van der Waals surface area contributed by atoms with Gasteiger partial charge in [-0.2, -0.15) is 4.98 Å². The van der Waals surface area contributed by atoms with Gasteiger partial charge in [0.25, 0.3) is 0 Å². The first kappa shape index (κ1) is 8.23. The van der Waals surface area contributed by atoms with Crippen molar-refractivity contribution in [2.24, 2.45) is 0 Å². The van der Waals surface area contributed by atoms with Crippen LogP contribution in [0.25, 0.3) is 11.5 Å². The van der Waals surface area contributed by atoms with Gasteiger partial charge in [0.05, 0.1) is 6.33 Å². The molecule has 0 atom stereocenters. The number of aromatic nitrogens is 5. The smallest absolute Gasteiger partial charge is 0.354 e. The van der Waals surface area contributed by atoms with Gasteiger partial charge in [-0.1, -0.05) is 0 Å². The lowest BCUT2D eigenvalue weighted by Crippen LogP contribution is -1.99. The van der Waals surface area contributed by atoms with E-state index in [4.69, 9.17) is 10.8 Å². The van der Waals surface area contributed by atoms with Crippen LogP contribution in [0.5, 0.6) is 0 Å². The van der Waals surface area contributed by atoms with Crippen molar-refractivity contribution in [2.45, 2.75) is 0 Å². The van der Waals surface area contributed by atoms with Gasteiger partial charge in [0.1, 0.15) is 5.69 Å². The van der Waals surface area contributed by atoms with E-state index in [1.165, 1.54) is 6.33 Å². The standard InChI is InChI=1S/C6H6N6O2/c7-6-10-4(11-12-6)2-3(5(13)14)9-1-8-2/h1H,(H,8,9)(H,13,14)(H3,7,10,11,12). The third-order valence-corrected chi connectivity index (χ3v) is 1.58. The highest BCUT2D eigenvalue weighted by Gasteiger charge is 2.17. The van der Waals surface area contributed by atoms with Crippen LogP contribution in [-0.4, -0.2) is 36.2 Å². The van der Waals surface area contributed by atoms with Crippen molar-refractivity contribution in [3.63, 3.8) is 0 Å². The van der Waals surface area contributed by atoms with Crippen molar-refractivity contribution in [1.29, 1.82) is 0 Å². The molecule has 0 saturated carbocycles. The number of hydrogen-bond donors (Lipinski definition) is 4. The van der Waals surface area contributed by atoms with E-state index in [2.05, 4.69) is 25.1 Å². The fourth-order valence-electron chi connectivity index (χ4n) is 1.02. The second kappa shape index (κ2) is 2.83. The van der Waals surface area contributed by atoms with Gasteiger partial charge in [-0.15, -0.1) is 5.10 Å². The molecule has 0 aliphatic rings. The molecule has 0 bridgehead atoms. The normalized spacial score (nSPS) is 10.3. The summed E-state index contributed by atoms with van der Waals surface area (Å²) in [5.74, 6) is -0.854. The molecule has 8 nitrogen and oxygen atoms in total. The van der Waals surface area contributed by atoms with Gasteiger partial charge in [0.2, 0.25) is 5.95 Å². The number of nitrogens with two attached hydrogens (primary N) is 1. The summed E-state index contributed by atoms with van der Waals surface area (Å²) in [6, 6.07) is 0. The molecule has 2 rings (SSSR count). The van der Waals surface area contributed by atoms with E-state index in [1.54, 1.807) is 0 Å². The Bertz CT molecular complexity index is 472. The molecule has 14 heavy (non-hydrogen) atoms. The van der Waals surface area contributed by atoms with Crippen molar-refractivity contribution < 1.29 is 9.90 Å². The highest BCUT2D eigenvalue weighted by Crippen LogP contribution is 2.15. The van der Waals surface area contributed by atoms with Crippen LogP contribution in [0.1, 0.15) is 10.5 Å². The fourth-order valence-corrected chi connectivity index (χ4v) is 1.02. The predicted molar refractivity (Wildman–Crippen MR) is 45.3 cm³/mol. The molecule has 0 saturated heterocycles. The average molecular weight is 194 g/mol. The fraction of sp³-hybridized carbons (Fsp3) is 0. The Kier molecular flexibility index (Phi) is 1.67. The summed E-state index contributed by atoms with van der Waals surface area (Å²) in [5, 5.41) is 14.8. The van der Waals surface area contributed by atoms with Crippen molar-refractivity contribution in [3.8, 4) is 11.5 Å². The number of aromatic carboxylic acids is 1. The van der Waals surface area contributed by atoms with Gasteiger partial charge in [-0.25, -0.2) is 9.78 Å². The van der Waals surface area contributed by atoms with Crippen LogP contribution in [0.4, 0.5) is 5.95 Å². The number of hydrogen-bond acceptors (Lipinski definition) is 5. The van der Waals surface area contributed by atoms with Crippen LogP contribution in [0.15, 0.2) is 6.33 Å². The van der Waals surface area contributed by atoms with Gasteiger partial charge in [0, 0.05) is 0 Å². The average Bonchev–Trinajstić information content (AvgIpc) is 2.70. The first-order valence-corrected chi connectivity index (χ1v) is 3.63. The maximum absolute atomic E-state index is 10.7. The number of rotatable bonds is 2. The Morgan fingerprint density at radius 3 is 2.93 bits per heavy atom. The maximum atomic E-state index is 10.7. The van der Waals surface area contributed by atoms with Crippen molar-refractivity contribution in [1.82, 2.24) is 25.1 Å². The quantitative estimate of drug-likeness (QED) is 0.508. The van der Waals surface area contributed by atoms with Crippen LogP contribution < -0.4 is 5.73 Å². The largest absolute Gasteiger partial charge is 0.477 e. The molecular formula is C6H6N6O2. The molecule has 0 radical (unpaired) electrons. The molecular weight excluding hydrogens is 188 g/mol. The number of carboxylic acid groups (broad SMARTS) is 1. The van der Waals surface area contributed by atoms with Crippen LogP contribution in [0.2, 0.25) is 0 Å². The number of anilines is 1. The second-order valence-corrected chi connectivity index (χ2v) is 2.47. The Balaban J connectivity index is 2.51. The van der Waals surface area contributed by atoms with Crippen LogP contribution in [0, 0.1) is 0 Å². The molecule has 72 valence electrons. The Morgan fingerprint density at radius 1 is 1.57 bits per heavy atom. The number of aromatic amines is 2. The third kappa shape index (κ3) is 1.18. The van der Waals surface area contributed by atoms with E-state index in [1.807, 2.05) is 0 Å². The van der Waals surface area contributed by atoms with E-state index >= 15 is 0 Å². The molecule has 0 fully saturated rings. The van der Waals surface area contributed by atoms with Crippen molar-refractivity contribution in [2.75, 3.05) is 5.73 Å². The Hall–Kier alpha value is -2.38. The Morgan fingerprint density at radius 2 is 2.36 bits per heavy atom. The molecule has 2 aromatic heterocycles. The molecule has 0 spiro atoms. The summed E-state index contributed by atoms with van der Waals surface area (Å²) >= 11 is 0. The number of H-pyrrole nitrogens is 2. The summed E-state index contributed by atoms with van der Waals surface area (Å²) in [5.41, 5.74) is 5.40. The first-order valence-electron chi connectivity index (χ1n) is 3.63. The third-order valence-electron chi connectivity index (χ3n) is 1.58. The zero-order chi connectivity index (χ0) is 10.1. The van der Waals surface area contributed by atoms with Gasteiger partial charge in [-0.3, -0.25) is 5.10 Å². The minimum atomic E-state index is -1.12. The number of carbonyl (C=O) groups is 1. The molecule has 0 amide bonds. The minimum absolute atomic E-state index is 0.0411. The van der Waals surface area contributed by atoms with E-state index < -0.39 is 5.97 Å². The summed E-state index contributed by atoms with van der Waals surface area (Å²) < 4.78 is 0. The van der Waals surface area contributed by atoms with Crippen LogP contribution in [0.3, 0.4) is 0 Å². The minimum Gasteiger partial charge on any atom is -0.477 e. The van der Waals surface area contributed by atoms with Gasteiger partial charge in [0.15, 0.2) is 11.5 Å².